The summed E-state index contributed by atoms with van der Waals surface area (Å²) in [6.07, 6.45) is 1.22. The lowest BCUT2D eigenvalue weighted by Crippen LogP contribution is -2.42. The van der Waals surface area contributed by atoms with Crippen molar-refractivity contribution in [3.05, 3.63) is 0 Å². The maximum Gasteiger partial charge on any atom is 0.328 e. The van der Waals surface area contributed by atoms with Crippen LogP contribution < -0.4 is 0 Å². The van der Waals surface area contributed by atoms with E-state index in [0.717, 1.165) is 12.8 Å². The van der Waals surface area contributed by atoms with Crippen molar-refractivity contribution in [1.29, 1.82) is 0 Å². The van der Waals surface area contributed by atoms with E-state index in [4.69, 9.17) is 13.8 Å². The highest BCUT2D eigenvalue weighted by Gasteiger charge is 2.38. The van der Waals surface area contributed by atoms with E-state index in [1.807, 2.05) is 34.6 Å². The second kappa shape index (κ2) is 7.56. The Labute approximate surface area is 128 Å². The SMILES string of the molecule is CC(C)OP(C)(=O)OC1C(O)CCCC1COC(C)(C)C. The molecule has 0 radical (unpaired) electrons. The average molecular weight is 322 g/mol. The fraction of sp³-hybridized carbons (Fsp3) is 1.00. The Morgan fingerprint density at radius 2 is 1.90 bits per heavy atom. The van der Waals surface area contributed by atoms with Gasteiger partial charge in [0.05, 0.1) is 30.5 Å². The molecule has 0 heterocycles. The summed E-state index contributed by atoms with van der Waals surface area (Å²) in [6.45, 7) is 11.6. The smallest absolute Gasteiger partial charge is 0.328 e. The van der Waals surface area contributed by atoms with Gasteiger partial charge in [-0.05, 0) is 47.5 Å². The minimum atomic E-state index is -3.17. The van der Waals surface area contributed by atoms with Crippen LogP contribution in [0, 0.1) is 5.92 Å². The van der Waals surface area contributed by atoms with Gasteiger partial charge in [0.15, 0.2) is 0 Å². The summed E-state index contributed by atoms with van der Waals surface area (Å²) >= 11 is 0. The molecule has 1 aliphatic rings. The molecule has 0 aromatic heterocycles. The van der Waals surface area contributed by atoms with Gasteiger partial charge in [-0.1, -0.05) is 6.42 Å². The Bertz CT molecular complexity index is 364. The monoisotopic (exact) mass is 322 g/mol. The number of ether oxygens (including phenoxy) is 1. The summed E-state index contributed by atoms with van der Waals surface area (Å²) in [5, 5.41) is 10.2. The Balaban J connectivity index is 2.70. The molecule has 1 aliphatic carbocycles. The van der Waals surface area contributed by atoms with E-state index in [1.54, 1.807) is 0 Å². The first-order chi connectivity index (χ1) is 9.50. The highest BCUT2D eigenvalue weighted by Crippen LogP contribution is 2.49. The molecule has 1 fully saturated rings. The van der Waals surface area contributed by atoms with Crippen molar-refractivity contribution in [3.63, 3.8) is 0 Å². The molecule has 4 atom stereocenters. The Kier molecular flexibility index (Phi) is 6.88. The molecule has 21 heavy (non-hydrogen) atoms. The first-order valence-electron chi connectivity index (χ1n) is 7.76. The zero-order valence-corrected chi connectivity index (χ0v) is 15.1. The molecule has 0 aliphatic heterocycles. The summed E-state index contributed by atoms with van der Waals surface area (Å²) < 4.78 is 29.3. The standard InChI is InChI=1S/C15H31O5P/c1-11(2)19-21(6,17)20-14-12(8-7-9-13(14)16)10-18-15(3,4)5/h11-14,16H,7-10H2,1-6H3. The first-order valence-corrected chi connectivity index (χ1v) is 9.75. The topological polar surface area (TPSA) is 65.0 Å². The summed E-state index contributed by atoms with van der Waals surface area (Å²) in [5.41, 5.74) is -0.239. The summed E-state index contributed by atoms with van der Waals surface area (Å²) in [4.78, 5) is 0. The Morgan fingerprint density at radius 1 is 1.29 bits per heavy atom. The summed E-state index contributed by atoms with van der Waals surface area (Å²) in [5.74, 6) is 0.0389. The number of aliphatic hydroxyl groups is 1. The van der Waals surface area contributed by atoms with E-state index in [9.17, 15) is 9.67 Å². The second-order valence-electron chi connectivity index (χ2n) is 7.18. The molecule has 4 unspecified atom stereocenters. The zero-order chi connectivity index (χ0) is 16.3. The molecule has 6 heteroatoms. The Hall–Kier alpha value is 0.0700. The van der Waals surface area contributed by atoms with E-state index in [1.165, 1.54) is 6.66 Å². The van der Waals surface area contributed by atoms with Gasteiger partial charge >= 0.3 is 7.60 Å². The third kappa shape index (κ3) is 7.25. The molecule has 1 N–H and O–H groups in total. The molecule has 126 valence electrons. The maximum absolute atomic E-state index is 12.4. The fourth-order valence-electron chi connectivity index (χ4n) is 2.55. The normalized spacial score (nSPS) is 30.4. The van der Waals surface area contributed by atoms with E-state index >= 15 is 0 Å². The van der Waals surface area contributed by atoms with E-state index in [-0.39, 0.29) is 17.6 Å². The average Bonchev–Trinajstić information content (AvgIpc) is 2.27. The van der Waals surface area contributed by atoms with Crippen LogP contribution in [-0.4, -0.2) is 42.3 Å². The predicted octanol–water partition coefficient (Wildman–Crippen LogP) is 3.60. The number of aliphatic hydroxyl groups excluding tert-OH is 1. The van der Waals surface area contributed by atoms with E-state index < -0.39 is 19.8 Å². The molecule has 5 nitrogen and oxygen atoms in total. The fourth-order valence-corrected chi connectivity index (χ4v) is 4.12. The Morgan fingerprint density at radius 3 is 2.43 bits per heavy atom. The van der Waals surface area contributed by atoms with Crippen LogP contribution in [0.15, 0.2) is 0 Å². The lowest BCUT2D eigenvalue weighted by molar-refractivity contribution is -0.0901. The van der Waals surface area contributed by atoms with Gasteiger partial charge in [-0.2, -0.15) is 0 Å². The molecule has 1 saturated carbocycles. The van der Waals surface area contributed by atoms with Crippen molar-refractivity contribution in [2.24, 2.45) is 5.92 Å². The van der Waals surface area contributed by atoms with Crippen LogP contribution in [0.2, 0.25) is 0 Å². The number of hydrogen-bond acceptors (Lipinski definition) is 5. The van der Waals surface area contributed by atoms with Gasteiger partial charge in [0.2, 0.25) is 0 Å². The highest BCUT2D eigenvalue weighted by atomic mass is 31.2. The van der Waals surface area contributed by atoms with Crippen molar-refractivity contribution in [1.82, 2.24) is 0 Å². The first kappa shape index (κ1) is 19.1. The molecule has 0 amide bonds. The van der Waals surface area contributed by atoms with E-state index in [0.29, 0.717) is 13.0 Å². The minimum absolute atomic E-state index is 0.0389. The van der Waals surface area contributed by atoms with Crippen LogP contribution in [0.25, 0.3) is 0 Å². The van der Waals surface area contributed by atoms with Gasteiger partial charge in [0.1, 0.15) is 0 Å². The van der Waals surface area contributed by atoms with Crippen LogP contribution >= 0.6 is 7.60 Å². The van der Waals surface area contributed by atoms with Gasteiger partial charge in [0, 0.05) is 12.6 Å². The van der Waals surface area contributed by atoms with Crippen LogP contribution in [0.1, 0.15) is 53.9 Å². The molecule has 1 rings (SSSR count). The van der Waals surface area contributed by atoms with Gasteiger partial charge < -0.3 is 18.9 Å². The number of rotatable bonds is 6. The predicted molar refractivity (Wildman–Crippen MR) is 83.7 cm³/mol. The maximum atomic E-state index is 12.4. The largest absolute Gasteiger partial charge is 0.390 e. The number of hydrogen-bond donors (Lipinski definition) is 1. The molecule has 0 saturated heterocycles. The molecule has 0 aromatic rings. The van der Waals surface area contributed by atoms with Crippen LogP contribution in [0.4, 0.5) is 0 Å². The van der Waals surface area contributed by atoms with Gasteiger partial charge in [-0.15, -0.1) is 0 Å². The second-order valence-corrected chi connectivity index (χ2v) is 9.14. The lowest BCUT2D eigenvalue weighted by Gasteiger charge is -2.37. The third-order valence-electron chi connectivity index (χ3n) is 3.36. The summed E-state index contributed by atoms with van der Waals surface area (Å²) in [6, 6.07) is 0. The molecule has 0 aromatic carbocycles. The van der Waals surface area contributed by atoms with Crippen molar-refractivity contribution in [3.8, 4) is 0 Å². The third-order valence-corrected chi connectivity index (χ3v) is 4.80. The van der Waals surface area contributed by atoms with E-state index in [2.05, 4.69) is 0 Å². The summed E-state index contributed by atoms with van der Waals surface area (Å²) in [7, 11) is -3.17. The molecular weight excluding hydrogens is 291 g/mol. The quantitative estimate of drug-likeness (QED) is 0.757. The van der Waals surface area contributed by atoms with Crippen molar-refractivity contribution in [2.75, 3.05) is 13.3 Å². The van der Waals surface area contributed by atoms with Crippen LogP contribution in [-0.2, 0) is 18.3 Å². The van der Waals surface area contributed by atoms with Crippen LogP contribution in [0.3, 0.4) is 0 Å². The van der Waals surface area contributed by atoms with Crippen molar-refractivity contribution < 1.29 is 23.5 Å². The minimum Gasteiger partial charge on any atom is -0.390 e. The lowest BCUT2D eigenvalue weighted by atomic mass is 9.85. The van der Waals surface area contributed by atoms with Crippen molar-refractivity contribution in [2.45, 2.75) is 77.8 Å². The highest BCUT2D eigenvalue weighted by molar-refractivity contribution is 7.53. The van der Waals surface area contributed by atoms with Gasteiger partial charge in [-0.25, -0.2) is 0 Å². The van der Waals surface area contributed by atoms with Crippen LogP contribution in [0.5, 0.6) is 0 Å². The molecule has 0 spiro atoms. The zero-order valence-electron chi connectivity index (χ0n) is 14.2. The molecule has 0 bridgehead atoms. The van der Waals surface area contributed by atoms with Gasteiger partial charge in [-0.3, -0.25) is 4.57 Å². The molecular formula is C15H31O5P. The van der Waals surface area contributed by atoms with Gasteiger partial charge in [0.25, 0.3) is 0 Å². The van der Waals surface area contributed by atoms with Crippen molar-refractivity contribution >= 4 is 7.60 Å².